The van der Waals surface area contributed by atoms with Gasteiger partial charge in [-0.3, -0.25) is 14.6 Å². The van der Waals surface area contributed by atoms with Crippen molar-refractivity contribution in [3.8, 4) is 17.2 Å². The summed E-state index contributed by atoms with van der Waals surface area (Å²) in [6.45, 7) is 7.93. The summed E-state index contributed by atoms with van der Waals surface area (Å²) in [5, 5.41) is 0. The molecule has 7 nitrogen and oxygen atoms in total. The zero-order chi connectivity index (χ0) is 22.2. The van der Waals surface area contributed by atoms with Crippen molar-refractivity contribution >= 4 is 5.91 Å². The molecule has 0 atom stereocenters. The van der Waals surface area contributed by atoms with Crippen molar-refractivity contribution in [3.63, 3.8) is 0 Å². The third-order valence-electron chi connectivity index (χ3n) is 6.68. The largest absolute Gasteiger partial charge is 0.493 e. The molecule has 0 aromatic heterocycles. The molecule has 0 spiro atoms. The van der Waals surface area contributed by atoms with Crippen molar-refractivity contribution in [2.45, 2.75) is 51.6 Å². The number of nitrogens with zero attached hydrogens (tertiary/aromatic N) is 3. The first-order valence-corrected chi connectivity index (χ1v) is 11.6. The highest BCUT2D eigenvalue weighted by molar-refractivity contribution is 5.78. The number of piperazine rings is 1. The van der Waals surface area contributed by atoms with Crippen LogP contribution < -0.4 is 14.2 Å². The normalized spacial score (nSPS) is 18.6. The van der Waals surface area contributed by atoms with Gasteiger partial charge in [0.05, 0.1) is 27.9 Å². The van der Waals surface area contributed by atoms with E-state index in [4.69, 9.17) is 14.2 Å². The van der Waals surface area contributed by atoms with Gasteiger partial charge in [0, 0.05) is 50.9 Å². The highest BCUT2D eigenvalue weighted by atomic mass is 16.5. The second-order valence-electron chi connectivity index (χ2n) is 8.52. The Morgan fingerprint density at radius 2 is 1.58 bits per heavy atom. The van der Waals surface area contributed by atoms with Crippen LogP contribution in [-0.2, 0) is 11.3 Å². The first kappa shape index (κ1) is 23.7. The van der Waals surface area contributed by atoms with E-state index in [1.807, 2.05) is 12.1 Å². The fourth-order valence-corrected chi connectivity index (χ4v) is 4.95. The number of likely N-dealkylation sites (N-methyl/N-ethyl adjacent to an activating group) is 1. The van der Waals surface area contributed by atoms with E-state index in [2.05, 4.69) is 21.6 Å². The number of amides is 1. The predicted octanol–water partition coefficient (Wildman–Crippen LogP) is 3.01. The van der Waals surface area contributed by atoms with Crippen molar-refractivity contribution in [1.29, 1.82) is 0 Å². The Morgan fingerprint density at radius 1 is 0.935 bits per heavy atom. The Hall–Kier alpha value is -1.99. The monoisotopic (exact) mass is 433 g/mol. The van der Waals surface area contributed by atoms with E-state index in [1.165, 1.54) is 32.1 Å². The summed E-state index contributed by atoms with van der Waals surface area (Å²) in [5.41, 5.74) is 1.08. The van der Waals surface area contributed by atoms with E-state index in [-0.39, 0.29) is 0 Å². The first-order chi connectivity index (χ1) is 15.1. The molecule has 1 aromatic rings. The average molecular weight is 434 g/mol. The Morgan fingerprint density at radius 3 is 2.16 bits per heavy atom. The summed E-state index contributed by atoms with van der Waals surface area (Å²) in [6, 6.07) is 4.42. The molecule has 3 rings (SSSR count). The van der Waals surface area contributed by atoms with Crippen LogP contribution in [0.25, 0.3) is 0 Å². The Kier molecular flexibility index (Phi) is 8.84. The zero-order valence-corrected chi connectivity index (χ0v) is 19.7. The molecule has 1 amide bonds. The van der Waals surface area contributed by atoms with Crippen molar-refractivity contribution in [3.05, 3.63) is 17.7 Å². The average Bonchev–Trinajstić information content (AvgIpc) is 2.81. The van der Waals surface area contributed by atoms with Gasteiger partial charge in [-0.1, -0.05) is 25.3 Å². The van der Waals surface area contributed by atoms with Crippen molar-refractivity contribution in [2.24, 2.45) is 0 Å². The van der Waals surface area contributed by atoms with E-state index in [9.17, 15) is 4.79 Å². The van der Waals surface area contributed by atoms with Crippen LogP contribution in [0.4, 0.5) is 0 Å². The smallest absolute Gasteiger partial charge is 0.236 e. The molecule has 0 N–H and O–H groups in total. The van der Waals surface area contributed by atoms with Crippen molar-refractivity contribution < 1.29 is 19.0 Å². The summed E-state index contributed by atoms with van der Waals surface area (Å²) >= 11 is 0. The minimum absolute atomic E-state index is 0.296. The third kappa shape index (κ3) is 5.83. The number of benzene rings is 1. The van der Waals surface area contributed by atoms with E-state index < -0.39 is 0 Å². The molecule has 0 bridgehead atoms. The van der Waals surface area contributed by atoms with Crippen LogP contribution in [0.2, 0.25) is 0 Å². The summed E-state index contributed by atoms with van der Waals surface area (Å²) in [7, 11) is 4.93. The summed E-state index contributed by atoms with van der Waals surface area (Å²) in [5.74, 6) is 2.33. The van der Waals surface area contributed by atoms with Crippen LogP contribution in [0.3, 0.4) is 0 Å². The highest BCUT2D eigenvalue weighted by Gasteiger charge is 2.27. The lowest BCUT2D eigenvalue weighted by Gasteiger charge is -2.38. The molecule has 0 radical (unpaired) electrons. The lowest BCUT2D eigenvalue weighted by molar-refractivity contribution is -0.135. The zero-order valence-electron chi connectivity index (χ0n) is 19.7. The van der Waals surface area contributed by atoms with Gasteiger partial charge >= 0.3 is 0 Å². The first-order valence-electron chi connectivity index (χ1n) is 11.6. The number of hydrogen-bond acceptors (Lipinski definition) is 6. The highest BCUT2D eigenvalue weighted by Crippen LogP contribution is 2.40. The maximum absolute atomic E-state index is 13.0. The molecule has 1 saturated heterocycles. The number of methoxy groups -OCH3 is 3. The van der Waals surface area contributed by atoms with Gasteiger partial charge in [-0.15, -0.1) is 0 Å². The molecule has 31 heavy (non-hydrogen) atoms. The van der Waals surface area contributed by atoms with Crippen molar-refractivity contribution in [1.82, 2.24) is 14.7 Å². The predicted molar refractivity (Wildman–Crippen MR) is 122 cm³/mol. The molecule has 1 aromatic carbocycles. The lowest BCUT2D eigenvalue weighted by Crippen LogP contribution is -2.51. The van der Waals surface area contributed by atoms with Gasteiger partial charge in [0.1, 0.15) is 0 Å². The summed E-state index contributed by atoms with van der Waals surface area (Å²) in [6.07, 6.45) is 6.16. The van der Waals surface area contributed by atoms with E-state index in [0.717, 1.165) is 50.6 Å². The summed E-state index contributed by atoms with van der Waals surface area (Å²) < 4.78 is 16.5. The molecule has 2 fully saturated rings. The SMILES string of the molecule is CCN(C(=O)CN1CCN(Cc2ccc(OC)c(OC)c2OC)CC1)C1CCCCC1. The molecular weight excluding hydrogens is 394 g/mol. The van der Waals surface area contributed by atoms with Crippen molar-refractivity contribution in [2.75, 3.05) is 60.6 Å². The fraction of sp³-hybridized carbons (Fsp3) is 0.708. The summed E-state index contributed by atoms with van der Waals surface area (Å²) in [4.78, 5) is 19.8. The maximum Gasteiger partial charge on any atom is 0.236 e. The number of hydrogen-bond donors (Lipinski definition) is 0. The minimum atomic E-state index is 0.296. The molecule has 0 unspecified atom stereocenters. The molecule has 1 aliphatic carbocycles. The van der Waals surface area contributed by atoms with Crippen LogP contribution in [0, 0.1) is 0 Å². The number of ether oxygens (including phenoxy) is 3. The molecule has 1 saturated carbocycles. The molecule has 1 aliphatic heterocycles. The van der Waals surface area contributed by atoms with Crippen LogP contribution >= 0.6 is 0 Å². The number of carbonyl (C=O) groups is 1. The Labute approximate surface area is 187 Å². The van der Waals surface area contributed by atoms with Crippen LogP contribution in [0.1, 0.15) is 44.6 Å². The van der Waals surface area contributed by atoms with Crippen LogP contribution in [0.5, 0.6) is 17.2 Å². The van der Waals surface area contributed by atoms with Gasteiger partial charge in [-0.25, -0.2) is 0 Å². The third-order valence-corrected chi connectivity index (χ3v) is 6.68. The second-order valence-corrected chi connectivity index (χ2v) is 8.52. The number of carbonyl (C=O) groups excluding carboxylic acids is 1. The molecule has 2 aliphatic rings. The Bertz CT molecular complexity index is 713. The lowest BCUT2D eigenvalue weighted by atomic mass is 9.94. The fourth-order valence-electron chi connectivity index (χ4n) is 4.95. The van der Waals surface area contributed by atoms with Crippen LogP contribution in [-0.4, -0.2) is 87.2 Å². The Balaban J connectivity index is 1.53. The topological polar surface area (TPSA) is 54.5 Å². The van der Waals surface area contributed by atoms with E-state index in [1.54, 1.807) is 21.3 Å². The standard InChI is InChI=1S/C24H39N3O4/c1-5-27(20-9-7-6-8-10-20)22(28)18-26-15-13-25(14-16-26)17-19-11-12-21(29-2)24(31-4)23(19)30-3/h11-12,20H,5-10,13-18H2,1-4H3. The van der Waals surface area contributed by atoms with Crippen LogP contribution in [0.15, 0.2) is 12.1 Å². The molecule has 174 valence electrons. The van der Waals surface area contributed by atoms with Gasteiger partial charge in [0.25, 0.3) is 0 Å². The van der Waals surface area contributed by atoms with Gasteiger partial charge in [-0.05, 0) is 25.8 Å². The van der Waals surface area contributed by atoms with Gasteiger partial charge in [0.2, 0.25) is 11.7 Å². The van der Waals surface area contributed by atoms with Gasteiger partial charge in [-0.2, -0.15) is 0 Å². The molecule has 7 heteroatoms. The van der Waals surface area contributed by atoms with E-state index in [0.29, 0.717) is 30.0 Å². The van der Waals surface area contributed by atoms with E-state index >= 15 is 0 Å². The van der Waals surface area contributed by atoms with Gasteiger partial charge < -0.3 is 19.1 Å². The number of rotatable bonds is 9. The molecule has 1 heterocycles. The minimum Gasteiger partial charge on any atom is -0.493 e. The van der Waals surface area contributed by atoms with Gasteiger partial charge in [0.15, 0.2) is 11.5 Å². The maximum atomic E-state index is 13.0. The second kappa shape index (κ2) is 11.6. The quantitative estimate of drug-likeness (QED) is 0.597. The molecular formula is C24H39N3O4.